The first-order chi connectivity index (χ1) is 9.10. The van der Waals surface area contributed by atoms with Gasteiger partial charge in [-0.25, -0.2) is 0 Å². The summed E-state index contributed by atoms with van der Waals surface area (Å²) in [5.41, 5.74) is 1.21. The SMILES string of the molecule is Cc1cc2cc(Br)ccc2cc1O[Si](C)(C)C(C)(C)C. The van der Waals surface area contributed by atoms with Crippen LogP contribution in [0, 0.1) is 6.92 Å². The number of halogens is 1. The topological polar surface area (TPSA) is 9.23 Å². The number of hydrogen-bond acceptors (Lipinski definition) is 1. The molecule has 108 valence electrons. The Morgan fingerprint density at radius 1 is 1.00 bits per heavy atom. The molecule has 0 N–H and O–H groups in total. The van der Waals surface area contributed by atoms with E-state index in [0.29, 0.717) is 0 Å². The molecule has 1 nitrogen and oxygen atoms in total. The van der Waals surface area contributed by atoms with Crippen molar-refractivity contribution in [3.05, 3.63) is 40.4 Å². The Morgan fingerprint density at radius 2 is 1.65 bits per heavy atom. The van der Waals surface area contributed by atoms with Crippen molar-refractivity contribution in [3.8, 4) is 5.75 Å². The lowest BCUT2D eigenvalue weighted by atomic mass is 10.1. The van der Waals surface area contributed by atoms with Gasteiger partial charge in [0.05, 0.1) is 0 Å². The van der Waals surface area contributed by atoms with E-state index in [-0.39, 0.29) is 5.04 Å². The molecule has 0 fully saturated rings. The van der Waals surface area contributed by atoms with Crippen molar-refractivity contribution in [2.75, 3.05) is 0 Å². The van der Waals surface area contributed by atoms with Crippen molar-refractivity contribution in [1.82, 2.24) is 0 Å². The third kappa shape index (κ3) is 3.09. The molecule has 0 aliphatic heterocycles. The summed E-state index contributed by atoms with van der Waals surface area (Å²) < 4.78 is 7.58. The molecule has 2 rings (SSSR count). The molecule has 0 atom stereocenters. The van der Waals surface area contributed by atoms with Crippen LogP contribution in [-0.4, -0.2) is 8.32 Å². The van der Waals surface area contributed by atoms with Crippen LogP contribution in [0.4, 0.5) is 0 Å². The van der Waals surface area contributed by atoms with E-state index in [1.165, 1.54) is 16.3 Å². The van der Waals surface area contributed by atoms with E-state index in [0.717, 1.165) is 10.2 Å². The number of fused-ring (bicyclic) bond motifs is 1. The molecule has 0 saturated carbocycles. The van der Waals surface area contributed by atoms with E-state index in [1.54, 1.807) is 0 Å². The molecule has 0 saturated heterocycles. The van der Waals surface area contributed by atoms with Gasteiger partial charge in [-0.05, 0) is 65.7 Å². The van der Waals surface area contributed by atoms with E-state index >= 15 is 0 Å². The second-order valence-corrected chi connectivity index (χ2v) is 12.6. The molecule has 20 heavy (non-hydrogen) atoms. The summed E-state index contributed by atoms with van der Waals surface area (Å²) in [5, 5.41) is 2.70. The van der Waals surface area contributed by atoms with Gasteiger partial charge in [-0.1, -0.05) is 42.8 Å². The first-order valence-corrected chi connectivity index (χ1v) is 10.7. The quantitative estimate of drug-likeness (QED) is 0.577. The van der Waals surface area contributed by atoms with Crippen LogP contribution in [0.1, 0.15) is 26.3 Å². The Balaban J connectivity index is 2.46. The predicted octanol–water partition coefficient (Wildman–Crippen LogP) is 6.29. The van der Waals surface area contributed by atoms with Crippen molar-refractivity contribution in [2.45, 2.75) is 45.8 Å². The Morgan fingerprint density at radius 3 is 2.25 bits per heavy atom. The van der Waals surface area contributed by atoms with E-state index in [1.807, 2.05) is 0 Å². The zero-order valence-corrected chi connectivity index (χ0v) is 15.8. The molecular weight excluding hydrogens is 328 g/mol. The fraction of sp³-hybridized carbons (Fsp3) is 0.412. The van der Waals surface area contributed by atoms with Gasteiger partial charge in [-0.2, -0.15) is 0 Å². The van der Waals surface area contributed by atoms with Gasteiger partial charge in [-0.15, -0.1) is 0 Å². The third-order valence-electron chi connectivity index (χ3n) is 4.27. The summed E-state index contributed by atoms with van der Waals surface area (Å²) in [4.78, 5) is 0. The molecule has 0 aliphatic carbocycles. The van der Waals surface area contributed by atoms with Gasteiger partial charge in [-0.3, -0.25) is 0 Å². The van der Waals surface area contributed by atoms with Crippen LogP contribution in [0.2, 0.25) is 18.1 Å². The van der Waals surface area contributed by atoms with Gasteiger partial charge in [0.2, 0.25) is 8.32 Å². The monoisotopic (exact) mass is 350 g/mol. The molecule has 0 spiro atoms. The minimum atomic E-state index is -1.78. The summed E-state index contributed by atoms with van der Waals surface area (Å²) in [6, 6.07) is 10.8. The highest BCUT2D eigenvalue weighted by atomic mass is 79.9. The zero-order chi connectivity index (χ0) is 15.1. The molecule has 3 heteroatoms. The molecule has 0 bridgehead atoms. The lowest BCUT2D eigenvalue weighted by Crippen LogP contribution is -2.44. The summed E-state index contributed by atoms with van der Waals surface area (Å²) in [6.07, 6.45) is 0. The summed E-state index contributed by atoms with van der Waals surface area (Å²) in [6.45, 7) is 13.5. The van der Waals surface area contributed by atoms with Crippen LogP contribution in [0.5, 0.6) is 5.75 Å². The minimum Gasteiger partial charge on any atom is -0.543 e. The lowest BCUT2D eigenvalue weighted by Gasteiger charge is -2.37. The Labute approximate surface area is 131 Å². The van der Waals surface area contributed by atoms with Gasteiger partial charge in [0.25, 0.3) is 0 Å². The van der Waals surface area contributed by atoms with Crippen molar-refractivity contribution >= 4 is 35.0 Å². The van der Waals surface area contributed by atoms with Crippen LogP contribution in [-0.2, 0) is 0 Å². The molecule has 2 aromatic carbocycles. The molecule has 0 unspecified atom stereocenters. The highest BCUT2D eigenvalue weighted by Gasteiger charge is 2.39. The van der Waals surface area contributed by atoms with Gasteiger partial charge in [0, 0.05) is 4.47 Å². The zero-order valence-electron chi connectivity index (χ0n) is 13.2. The maximum Gasteiger partial charge on any atom is 0.250 e. The normalized spacial score (nSPS) is 12.8. The Hall–Kier alpha value is -0.803. The fourth-order valence-corrected chi connectivity index (χ4v) is 3.35. The van der Waals surface area contributed by atoms with Crippen LogP contribution in [0.15, 0.2) is 34.8 Å². The fourth-order valence-electron chi connectivity index (χ4n) is 1.90. The van der Waals surface area contributed by atoms with Gasteiger partial charge in [0.15, 0.2) is 0 Å². The van der Waals surface area contributed by atoms with Crippen LogP contribution in [0.3, 0.4) is 0 Å². The van der Waals surface area contributed by atoms with E-state index in [2.05, 4.69) is 87.1 Å². The number of hydrogen-bond donors (Lipinski definition) is 0. The lowest BCUT2D eigenvalue weighted by molar-refractivity contribution is 0.490. The van der Waals surface area contributed by atoms with Crippen LogP contribution < -0.4 is 4.43 Å². The number of rotatable bonds is 2. The molecule has 2 aromatic rings. The Kier molecular flexibility index (Phi) is 4.04. The van der Waals surface area contributed by atoms with Gasteiger partial charge in [0.1, 0.15) is 5.75 Å². The van der Waals surface area contributed by atoms with Gasteiger partial charge < -0.3 is 4.43 Å². The first kappa shape index (κ1) is 15.6. The molecule has 0 aliphatic rings. The smallest absolute Gasteiger partial charge is 0.250 e. The van der Waals surface area contributed by atoms with Crippen LogP contribution in [0.25, 0.3) is 10.8 Å². The van der Waals surface area contributed by atoms with E-state index < -0.39 is 8.32 Å². The van der Waals surface area contributed by atoms with Crippen molar-refractivity contribution < 1.29 is 4.43 Å². The van der Waals surface area contributed by atoms with Crippen LogP contribution >= 0.6 is 15.9 Å². The maximum absolute atomic E-state index is 6.46. The number of benzene rings is 2. The summed E-state index contributed by atoms with van der Waals surface area (Å²) >= 11 is 3.53. The first-order valence-electron chi connectivity index (χ1n) is 6.99. The number of aryl methyl sites for hydroxylation is 1. The van der Waals surface area contributed by atoms with Gasteiger partial charge >= 0.3 is 0 Å². The maximum atomic E-state index is 6.46. The largest absolute Gasteiger partial charge is 0.543 e. The minimum absolute atomic E-state index is 0.216. The Bertz CT molecular complexity index is 641. The second kappa shape index (κ2) is 5.19. The molecule has 0 amide bonds. The molecule has 0 heterocycles. The summed E-state index contributed by atoms with van der Waals surface area (Å²) in [7, 11) is -1.78. The molecular formula is C17H23BrOSi. The highest BCUT2D eigenvalue weighted by molar-refractivity contribution is 9.10. The van der Waals surface area contributed by atoms with Crippen molar-refractivity contribution in [3.63, 3.8) is 0 Å². The predicted molar refractivity (Wildman–Crippen MR) is 94.2 cm³/mol. The van der Waals surface area contributed by atoms with E-state index in [9.17, 15) is 0 Å². The van der Waals surface area contributed by atoms with Crippen molar-refractivity contribution in [1.29, 1.82) is 0 Å². The molecule has 0 aromatic heterocycles. The standard InChI is InChI=1S/C17H23BrOSi/c1-12-9-14-10-15(18)8-7-13(14)11-16(12)19-20(5,6)17(2,3)4/h7-11H,1-6H3. The average molecular weight is 351 g/mol. The molecule has 0 radical (unpaired) electrons. The highest BCUT2D eigenvalue weighted by Crippen LogP contribution is 2.39. The van der Waals surface area contributed by atoms with E-state index in [4.69, 9.17) is 4.43 Å². The third-order valence-corrected chi connectivity index (χ3v) is 9.10. The second-order valence-electron chi connectivity index (χ2n) is 6.97. The average Bonchev–Trinajstić information content (AvgIpc) is 2.28. The summed E-state index contributed by atoms with van der Waals surface area (Å²) in [5.74, 6) is 1.03. The van der Waals surface area contributed by atoms with Crippen molar-refractivity contribution in [2.24, 2.45) is 0 Å².